The van der Waals surface area contributed by atoms with Gasteiger partial charge in [-0.3, -0.25) is 14.9 Å². The summed E-state index contributed by atoms with van der Waals surface area (Å²) in [5.41, 5.74) is 4.10. The molecule has 8 heteroatoms. The van der Waals surface area contributed by atoms with E-state index < -0.39 is 4.92 Å². The van der Waals surface area contributed by atoms with Gasteiger partial charge in [0.2, 0.25) is 5.91 Å². The van der Waals surface area contributed by atoms with Crippen LogP contribution in [0.3, 0.4) is 0 Å². The van der Waals surface area contributed by atoms with Crippen LogP contribution in [0.4, 0.5) is 11.4 Å². The van der Waals surface area contributed by atoms with E-state index in [-0.39, 0.29) is 17.3 Å². The van der Waals surface area contributed by atoms with Gasteiger partial charge in [-0.2, -0.15) is 0 Å². The number of rotatable bonds is 7. The molecular formula is C23H21N4O3S+. The maximum absolute atomic E-state index is 12.6. The number of amides is 1. The Morgan fingerprint density at radius 2 is 1.81 bits per heavy atom. The molecule has 0 aliphatic carbocycles. The Morgan fingerprint density at radius 1 is 1.06 bits per heavy atom. The second-order valence-corrected chi connectivity index (χ2v) is 8.03. The summed E-state index contributed by atoms with van der Waals surface area (Å²) in [5.74, 6) is -0.0532. The Balaban J connectivity index is 1.53. The number of anilines is 1. The number of fused-ring (bicyclic) bond motifs is 1. The first-order valence-electron chi connectivity index (χ1n) is 9.74. The van der Waals surface area contributed by atoms with Gasteiger partial charge in [-0.25, -0.2) is 9.55 Å². The minimum atomic E-state index is -0.448. The maximum atomic E-state index is 12.6. The van der Waals surface area contributed by atoms with Crippen molar-refractivity contribution in [2.24, 2.45) is 0 Å². The number of hydrogen-bond donors (Lipinski definition) is 2. The number of thioether (sulfide) groups is 1. The SMILES string of the molecule is Cc1c(NC(=O)CSc2[nH]c3ccccc3[n+]2Cc2ccccc2)cccc1[N+](=O)[O-]. The molecule has 0 spiro atoms. The van der Waals surface area contributed by atoms with Crippen molar-refractivity contribution in [3.63, 3.8) is 0 Å². The first kappa shape index (κ1) is 20.6. The van der Waals surface area contributed by atoms with Crippen molar-refractivity contribution in [3.8, 4) is 0 Å². The lowest BCUT2D eigenvalue weighted by molar-refractivity contribution is -0.700. The van der Waals surface area contributed by atoms with Crippen molar-refractivity contribution in [2.45, 2.75) is 18.6 Å². The molecule has 4 aromatic rings. The van der Waals surface area contributed by atoms with Crippen LogP contribution in [0.2, 0.25) is 0 Å². The molecule has 0 aliphatic rings. The number of nitrogens with one attached hydrogen (secondary N) is 2. The number of aromatic amines is 1. The molecular weight excluding hydrogens is 412 g/mol. The van der Waals surface area contributed by atoms with Crippen molar-refractivity contribution >= 4 is 40.1 Å². The van der Waals surface area contributed by atoms with Gasteiger partial charge >= 0.3 is 5.16 Å². The molecule has 1 amide bonds. The summed E-state index contributed by atoms with van der Waals surface area (Å²) in [6.45, 7) is 2.31. The van der Waals surface area contributed by atoms with Gasteiger partial charge in [0.25, 0.3) is 5.69 Å². The number of carbonyl (C=O) groups is 1. The van der Waals surface area contributed by atoms with Crippen LogP contribution in [0.1, 0.15) is 11.1 Å². The standard InChI is InChI=1S/C23H20N4O3S/c1-16-18(11-7-13-20(16)27(29)30)24-22(28)15-31-23-25-19-10-5-6-12-21(19)26(23)14-17-8-3-2-4-9-17/h2-13H,14-15H2,1H3,(H,24,28)/p+1. The summed E-state index contributed by atoms with van der Waals surface area (Å²) in [6.07, 6.45) is 0. The Bertz CT molecular complexity index is 1250. The first-order valence-corrected chi connectivity index (χ1v) is 10.7. The van der Waals surface area contributed by atoms with Crippen molar-refractivity contribution in [1.82, 2.24) is 4.98 Å². The van der Waals surface area contributed by atoms with Crippen LogP contribution in [0.5, 0.6) is 0 Å². The lowest BCUT2D eigenvalue weighted by atomic mass is 10.1. The highest BCUT2D eigenvalue weighted by molar-refractivity contribution is 7.99. The molecule has 1 aromatic heterocycles. The van der Waals surface area contributed by atoms with Gasteiger partial charge in [0.1, 0.15) is 6.54 Å². The second-order valence-electron chi connectivity index (χ2n) is 7.06. The van der Waals surface area contributed by atoms with E-state index in [2.05, 4.69) is 27.0 Å². The molecule has 31 heavy (non-hydrogen) atoms. The van der Waals surface area contributed by atoms with Crippen LogP contribution in [0.15, 0.2) is 78.0 Å². The van der Waals surface area contributed by atoms with E-state index in [1.54, 1.807) is 19.1 Å². The van der Waals surface area contributed by atoms with E-state index in [1.165, 1.54) is 17.8 Å². The summed E-state index contributed by atoms with van der Waals surface area (Å²) < 4.78 is 2.15. The van der Waals surface area contributed by atoms with E-state index in [0.717, 1.165) is 21.8 Å². The van der Waals surface area contributed by atoms with Crippen LogP contribution < -0.4 is 9.88 Å². The van der Waals surface area contributed by atoms with Crippen molar-refractivity contribution in [2.75, 3.05) is 11.1 Å². The van der Waals surface area contributed by atoms with E-state index in [0.29, 0.717) is 17.8 Å². The second kappa shape index (κ2) is 9.01. The molecule has 4 rings (SSSR count). The number of nitro groups is 1. The fourth-order valence-electron chi connectivity index (χ4n) is 3.42. The molecule has 0 saturated carbocycles. The molecule has 0 saturated heterocycles. The van der Waals surface area contributed by atoms with Gasteiger partial charge < -0.3 is 5.32 Å². The fourth-order valence-corrected chi connectivity index (χ4v) is 4.26. The number of aromatic nitrogens is 2. The molecule has 0 aliphatic heterocycles. The minimum Gasteiger partial charge on any atom is -0.325 e. The zero-order chi connectivity index (χ0) is 21.8. The predicted molar refractivity (Wildman–Crippen MR) is 121 cm³/mol. The van der Waals surface area contributed by atoms with E-state index in [1.807, 2.05) is 42.5 Å². The van der Waals surface area contributed by atoms with Gasteiger partial charge in [-0.15, -0.1) is 0 Å². The van der Waals surface area contributed by atoms with Crippen LogP contribution in [0, 0.1) is 17.0 Å². The Kier molecular flexibility index (Phi) is 5.99. The smallest absolute Gasteiger partial charge is 0.317 e. The van der Waals surface area contributed by atoms with Gasteiger partial charge in [-0.1, -0.05) is 48.5 Å². The largest absolute Gasteiger partial charge is 0.325 e. The maximum Gasteiger partial charge on any atom is 0.317 e. The minimum absolute atomic E-state index is 0.0122. The van der Waals surface area contributed by atoms with Crippen molar-refractivity contribution < 1.29 is 14.3 Å². The quantitative estimate of drug-likeness (QED) is 0.195. The van der Waals surface area contributed by atoms with Gasteiger partial charge in [0, 0.05) is 6.07 Å². The number of para-hydroxylation sites is 2. The number of carbonyl (C=O) groups excluding carboxylic acids is 1. The highest BCUT2D eigenvalue weighted by Gasteiger charge is 2.21. The average Bonchev–Trinajstić information content (AvgIpc) is 3.12. The molecule has 0 fully saturated rings. The topological polar surface area (TPSA) is 91.9 Å². The molecule has 0 unspecified atom stereocenters. The van der Waals surface area contributed by atoms with E-state index in [4.69, 9.17) is 0 Å². The summed E-state index contributed by atoms with van der Waals surface area (Å²) in [7, 11) is 0. The van der Waals surface area contributed by atoms with E-state index in [9.17, 15) is 14.9 Å². The number of hydrogen-bond acceptors (Lipinski definition) is 4. The highest BCUT2D eigenvalue weighted by atomic mass is 32.2. The summed E-state index contributed by atoms with van der Waals surface area (Å²) in [6, 6.07) is 22.8. The summed E-state index contributed by atoms with van der Waals surface area (Å²) in [4.78, 5) is 26.7. The zero-order valence-corrected chi connectivity index (χ0v) is 17.7. The number of H-pyrrole nitrogens is 1. The van der Waals surface area contributed by atoms with Crippen molar-refractivity contribution in [1.29, 1.82) is 0 Å². The van der Waals surface area contributed by atoms with E-state index >= 15 is 0 Å². The lowest BCUT2D eigenvalue weighted by Gasteiger charge is -2.08. The molecule has 7 nitrogen and oxygen atoms in total. The van der Waals surface area contributed by atoms with Crippen LogP contribution in [0.25, 0.3) is 11.0 Å². The number of nitrogens with zero attached hydrogens (tertiary/aromatic N) is 2. The normalized spacial score (nSPS) is 10.9. The van der Waals surface area contributed by atoms with Crippen LogP contribution in [-0.4, -0.2) is 21.6 Å². The van der Waals surface area contributed by atoms with Gasteiger partial charge in [0.15, 0.2) is 11.0 Å². The molecule has 0 atom stereocenters. The number of benzene rings is 3. The molecule has 0 bridgehead atoms. The third-order valence-electron chi connectivity index (χ3n) is 4.98. The molecule has 0 radical (unpaired) electrons. The molecule has 156 valence electrons. The molecule has 2 N–H and O–H groups in total. The fraction of sp³-hybridized carbons (Fsp3) is 0.130. The zero-order valence-electron chi connectivity index (χ0n) is 16.9. The summed E-state index contributed by atoms with van der Waals surface area (Å²) >= 11 is 1.40. The third kappa shape index (κ3) is 4.59. The van der Waals surface area contributed by atoms with Crippen molar-refractivity contribution in [3.05, 3.63) is 94.0 Å². The Hall–Kier alpha value is -3.65. The highest BCUT2D eigenvalue weighted by Crippen LogP contribution is 2.25. The number of nitro benzene ring substituents is 1. The number of imidazole rings is 1. The third-order valence-corrected chi connectivity index (χ3v) is 5.98. The predicted octanol–water partition coefficient (Wildman–Crippen LogP) is 4.45. The summed E-state index contributed by atoms with van der Waals surface area (Å²) in [5, 5.41) is 14.8. The van der Waals surface area contributed by atoms with Gasteiger partial charge in [-0.05, 0) is 42.4 Å². The Labute approximate surface area is 183 Å². The molecule has 3 aromatic carbocycles. The van der Waals surface area contributed by atoms with Crippen LogP contribution in [-0.2, 0) is 11.3 Å². The van der Waals surface area contributed by atoms with Crippen LogP contribution >= 0.6 is 11.8 Å². The molecule has 1 heterocycles. The Morgan fingerprint density at radius 3 is 2.58 bits per heavy atom. The lowest BCUT2D eigenvalue weighted by Crippen LogP contribution is -2.35. The first-order chi connectivity index (χ1) is 15.0. The monoisotopic (exact) mass is 433 g/mol. The van der Waals surface area contributed by atoms with Gasteiger partial charge in [0.05, 0.1) is 21.9 Å². The average molecular weight is 434 g/mol.